The zero-order valence-electron chi connectivity index (χ0n) is 15.2. The molecule has 0 radical (unpaired) electrons. The summed E-state index contributed by atoms with van der Waals surface area (Å²) in [5, 5.41) is 9.82. The minimum atomic E-state index is -0.460. The van der Waals surface area contributed by atoms with Gasteiger partial charge in [0, 0.05) is 31.1 Å². The van der Waals surface area contributed by atoms with Gasteiger partial charge in [-0.15, -0.1) is 0 Å². The number of likely N-dealkylation sites (tertiary alicyclic amines) is 1. The molecule has 1 fully saturated rings. The van der Waals surface area contributed by atoms with E-state index in [2.05, 4.69) is 16.0 Å². The number of carbonyl (C=O) groups excluding carboxylic acids is 1. The van der Waals surface area contributed by atoms with E-state index < -0.39 is 5.41 Å². The van der Waals surface area contributed by atoms with Gasteiger partial charge in [0.2, 0.25) is 5.91 Å². The summed E-state index contributed by atoms with van der Waals surface area (Å²) < 4.78 is 0. The van der Waals surface area contributed by atoms with E-state index in [0.717, 1.165) is 42.0 Å². The first-order valence-corrected chi connectivity index (χ1v) is 9.41. The molecule has 0 bridgehead atoms. The standard InChI is InChI=1S/C21H24N4O/c1-15-23-18-8-7-16(13-19(18)24-15)20(26)25-11-9-21(14-22,10-12-25)17-5-3-2-4-6-17/h2-6,16H,7-13H2,1H3,(H,23,24)/t16-/m1/s1. The summed E-state index contributed by atoms with van der Waals surface area (Å²) in [5.74, 6) is 1.21. The van der Waals surface area contributed by atoms with Crippen molar-refractivity contribution < 1.29 is 4.79 Å². The minimum absolute atomic E-state index is 0.0358. The average molecular weight is 348 g/mol. The van der Waals surface area contributed by atoms with E-state index in [1.165, 1.54) is 0 Å². The lowest BCUT2D eigenvalue weighted by Crippen LogP contribution is -2.47. The van der Waals surface area contributed by atoms with Crippen molar-refractivity contribution in [2.24, 2.45) is 5.92 Å². The predicted molar refractivity (Wildman–Crippen MR) is 98.4 cm³/mol. The van der Waals surface area contributed by atoms with E-state index in [9.17, 15) is 10.1 Å². The number of nitriles is 1. The lowest BCUT2D eigenvalue weighted by atomic mass is 9.74. The second-order valence-electron chi connectivity index (χ2n) is 7.57. The molecule has 1 aromatic carbocycles. The number of amides is 1. The number of fused-ring (bicyclic) bond motifs is 1. The summed E-state index contributed by atoms with van der Waals surface area (Å²) in [4.78, 5) is 22.8. The number of benzene rings is 1. The fourth-order valence-electron chi connectivity index (χ4n) is 4.42. The van der Waals surface area contributed by atoms with Crippen molar-refractivity contribution in [3.05, 3.63) is 53.1 Å². The molecule has 1 atom stereocenters. The molecular weight excluding hydrogens is 324 g/mol. The highest BCUT2D eigenvalue weighted by atomic mass is 16.2. The van der Waals surface area contributed by atoms with E-state index >= 15 is 0 Å². The Labute approximate surface area is 154 Å². The SMILES string of the molecule is Cc1nc2c([nH]1)C[C@H](C(=O)N1CCC(C#N)(c3ccccc3)CC1)CC2. The summed E-state index contributed by atoms with van der Waals surface area (Å²) in [7, 11) is 0. The first-order chi connectivity index (χ1) is 12.6. The van der Waals surface area contributed by atoms with E-state index in [-0.39, 0.29) is 11.8 Å². The molecule has 2 aliphatic rings. The Bertz CT molecular complexity index is 841. The lowest BCUT2D eigenvalue weighted by molar-refractivity contribution is -0.137. The number of nitrogens with zero attached hydrogens (tertiary/aromatic N) is 3. The Morgan fingerprint density at radius 3 is 2.73 bits per heavy atom. The van der Waals surface area contributed by atoms with E-state index in [0.29, 0.717) is 25.9 Å². The number of hydrogen-bond donors (Lipinski definition) is 1. The van der Waals surface area contributed by atoms with Crippen LogP contribution in [0.15, 0.2) is 30.3 Å². The summed E-state index contributed by atoms with van der Waals surface area (Å²) in [6.45, 7) is 3.28. The molecule has 134 valence electrons. The van der Waals surface area contributed by atoms with Gasteiger partial charge in [0.1, 0.15) is 5.82 Å². The molecule has 1 aliphatic heterocycles. The van der Waals surface area contributed by atoms with Crippen molar-refractivity contribution >= 4 is 5.91 Å². The molecule has 1 aromatic heterocycles. The minimum Gasteiger partial charge on any atom is -0.346 e. The molecule has 0 unspecified atom stereocenters. The molecule has 26 heavy (non-hydrogen) atoms. The Morgan fingerprint density at radius 1 is 1.31 bits per heavy atom. The molecule has 4 rings (SSSR count). The molecule has 5 nitrogen and oxygen atoms in total. The maximum Gasteiger partial charge on any atom is 0.226 e. The molecule has 1 N–H and O–H groups in total. The van der Waals surface area contributed by atoms with Crippen molar-refractivity contribution in [1.29, 1.82) is 5.26 Å². The zero-order valence-corrected chi connectivity index (χ0v) is 15.2. The van der Waals surface area contributed by atoms with Crippen molar-refractivity contribution in [2.75, 3.05) is 13.1 Å². The number of H-pyrrole nitrogens is 1. The fraction of sp³-hybridized carbons (Fsp3) is 0.476. The smallest absolute Gasteiger partial charge is 0.226 e. The molecule has 2 heterocycles. The summed E-state index contributed by atoms with van der Waals surface area (Å²) in [6.07, 6.45) is 3.92. The van der Waals surface area contributed by atoms with Crippen molar-refractivity contribution in [1.82, 2.24) is 14.9 Å². The van der Waals surface area contributed by atoms with Crippen LogP contribution in [0.3, 0.4) is 0 Å². The van der Waals surface area contributed by atoms with Crippen molar-refractivity contribution in [3.8, 4) is 6.07 Å². The molecule has 0 spiro atoms. The van der Waals surface area contributed by atoms with Crippen LogP contribution in [0.25, 0.3) is 0 Å². The highest BCUT2D eigenvalue weighted by Gasteiger charge is 2.39. The summed E-state index contributed by atoms with van der Waals surface area (Å²) in [5.41, 5.74) is 2.86. The molecule has 5 heteroatoms. The molecule has 0 saturated carbocycles. The first-order valence-electron chi connectivity index (χ1n) is 9.41. The predicted octanol–water partition coefficient (Wildman–Crippen LogP) is 2.91. The van der Waals surface area contributed by atoms with Crippen molar-refractivity contribution in [2.45, 2.75) is 44.4 Å². The van der Waals surface area contributed by atoms with Crippen LogP contribution in [0, 0.1) is 24.2 Å². The number of aryl methyl sites for hydroxylation is 2. The number of nitrogens with one attached hydrogen (secondary N) is 1. The van der Waals surface area contributed by atoms with E-state index in [1.54, 1.807) is 0 Å². The van der Waals surface area contributed by atoms with Gasteiger partial charge in [0.25, 0.3) is 0 Å². The van der Waals surface area contributed by atoms with Gasteiger partial charge in [0.15, 0.2) is 0 Å². The van der Waals surface area contributed by atoms with E-state index in [4.69, 9.17) is 0 Å². The molecule has 2 aromatic rings. The number of aromatic amines is 1. The normalized spacial score (nSPS) is 21.7. The maximum atomic E-state index is 13.0. The van der Waals surface area contributed by atoms with Crippen LogP contribution < -0.4 is 0 Å². The topological polar surface area (TPSA) is 72.8 Å². The van der Waals surface area contributed by atoms with Gasteiger partial charge in [-0.1, -0.05) is 30.3 Å². The quantitative estimate of drug-likeness (QED) is 0.907. The number of rotatable bonds is 2. The van der Waals surface area contributed by atoms with Crippen LogP contribution >= 0.6 is 0 Å². The van der Waals surface area contributed by atoms with Crippen LogP contribution in [-0.4, -0.2) is 33.9 Å². The molecule has 1 aliphatic carbocycles. The third-order valence-electron chi connectivity index (χ3n) is 5.98. The zero-order chi connectivity index (χ0) is 18.1. The molecule has 1 amide bonds. The van der Waals surface area contributed by atoms with Gasteiger partial charge in [-0.2, -0.15) is 5.26 Å². The number of piperidine rings is 1. The lowest BCUT2D eigenvalue weighted by Gasteiger charge is -2.39. The van der Waals surface area contributed by atoms with Crippen LogP contribution in [0.1, 0.15) is 42.0 Å². The van der Waals surface area contributed by atoms with Crippen LogP contribution in [0.5, 0.6) is 0 Å². The Kier molecular flexibility index (Phi) is 4.28. The van der Waals surface area contributed by atoms with Crippen molar-refractivity contribution in [3.63, 3.8) is 0 Å². The van der Waals surface area contributed by atoms with E-state index in [1.807, 2.05) is 42.2 Å². The largest absolute Gasteiger partial charge is 0.346 e. The third kappa shape index (κ3) is 2.90. The monoisotopic (exact) mass is 348 g/mol. The van der Waals surface area contributed by atoms with Gasteiger partial charge in [0.05, 0.1) is 17.2 Å². The van der Waals surface area contributed by atoms with Crippen LogP contribution in [-0.2, 0) is 23.1 Å². The Morgan fingerprint density at radius 2 is 2.04 bits per heavy atom. The van der Waals surface area contributed by atoms with Gasteiger partial charge >= 0.3 is 0 Å². The number of imidazole rings is 1. The number of hydrogen-bond acceptors (Lipinski definition) is 3. The highest BCUT2D eigenvalue weighted by Crippen LogP contribution is 2.36. The second-order valence-corrected chi connectivity index (χ2v) is 7.57. The molecule has 1 saturated heterocycles. The van der Waals surface area contributed by atoms with Gasteiger partial charge < -0.3 is 9.88 Å². The highest BCUT2D eigenvalue weighted by molar-refractivity contribution is 5.79. The third-order valence-corrected chi connectivity index (χ3v) is 5.98. The van der Waals surface area contributed by atoms with Gasteiger partial charge in [-0.25, -0.2) is 4.98 Å². The molecular formula is C21H24N4O. The number of aromatic nitrogens is 2. The van der Waals surface area contributed by atoms with Gasteiger partial charge in [-0.05, 0) is 38.2 Å². The fourth-order valence-corrected chi connectivity index (χ4v) is 4.42. The Balaban J connectivity index is 1.43. The average Bonchev–Trinajstić information content (AvgIpc) is 3.07. The summed E-state index contributed by atoms with van der Waals surface area (Å²) in [6, 6.07) is 12.5. The van der Waals surface area contributed by atoms with Crippen LogP contribution in [0.2, 0.25) is 0 Å². The maximum absolute atomic E-state index is 13.0. The van der Waals surface area contributed by atoms with Crippen LogP contribution in [0.4, 0.5) is 0 Å². The summed E-state index contributed by atoms with van der Waals surface area (Å²) >= 11 is 0. The second kappa shape index (κ2) is 6.60. The first kappa shape index (κ1) is 16.8. The number of carbonyl (C=O) groups is 1. The van der Waals surface area contributed by atoms with Gasteiger partial charge in [-0.3, -0.25) is 4.79 Å². The Hall–Kier alpha value is -2.61.